The van der Waals surface area contributed by atoms with Crippen molar-refractivity contribution in [1.29, 1.82) is 0 Å². The summed E-state index contributed by atoms with van der Waals surface area (Å²) >= 11 is 0. The van der Waals surface area contributed by atoms with Gasteiger partial charge < -0.3 is 25.5 Å². The Hall–Kier alpha value is -1.91. The molecule has 1 aromatic carbocycles. The summed E-state index contributed by atoms with van der Waals surface area (Å²) in [6.45, 7) is 9.61. The number of hydrogen-bond donors (Lipinski definition) is 3. The average Bonchev–Trinajstić information content (AvgIpc) is 2.77. The minimum Gasteiger partial charge on any atom is -0.384 e. The van der Waals surface area contributed by atoms with Crippen LogP contribution in [0.4, 0.5) is 5.82 Å². The van der Waals surface area contributed by atoms with Crippen molar-refractivity contribution in [2.24, 2.45) is 4.99 Å². The van der Waals surface area contributed by atoms with Gasteiger partial charge in [-0.1, -0.05) is 30.3 Å². The molecule has 0 aliphatic carbocycles. The Morgan fingerprint density at radius 1 is 1.13 bits per heavy atom. The number of halogens is 1. The van der Waals surface area contributed by atoms with E-state index in [0.717, 1.165) is 49.7 Å². The van der Waals surface area contributed by atoms with Crippen LogP contribution in [0.1, 0.15) is 25.0 Å². The van der Waals surface area contributed by atoms with Crippen LogP contribution in [0, 0.1) is 0 Å². The van der Waals surface area contributed by atoms with Gasteiger partial charge in [0.05, 0.1) is 13.1 Å². The molecule has 2 heterocycles. The van der Waals surface area contributed by atoms with Gasteiger partial charge in [-0.05, 0) is 44.2 Å². The lowest BCUT2D eigenvalue weighted by atomic mass is 9.96. The number of aromatic nitrogens is 1. The van der Waals surface area contributed by atoms with Gasteiger partial charge in [0.1, 0.15) is 11.4 Å². The minimum atomic E-state index is -0.983. The first-order chi connectivity index (χ1) is 14.5. The number of piperazine rings is 1. The summed E-state index contributed by atoms with van der Waals surface area (Å²) in [4.78, 5) is 13.9. The Labute approximate surface area is 203 Å². The second-order valence-corrected chi connectivity index (χ2v) is 8.00. The molecule has 1 aliphatic rings. The quantitative estimate of drug-likeness (QED) is 0.286. The molecule has 1 aliphatic heterocycles. The molecule has 1 unspecified atom stereocenters. The van der Waals surface area contributed by atoms with Crippen molar-refractivity contribution >= 4 is 35.8 Å². The van der Waals surface area contributed by atoms with Gasteiger partial charge >= 0.3 is 0 Å². The molecule has 3 N–H and O–H groups in total. The molecule has 1 fully saturated rings. The summed E-state index contributed by atoms with van der Waals surface area (Å²) < 4.78 is 0. The minimum absolute atomic E-state index is 0. The zero-order valence-electron chi connectivity index (χ0n) is 18.7. The number of pyridine rings is 1. The smallest absolute Gasteiger partial charge is 0.191 e. The molecule has 0 amide bonds. The van der Waals surface area contributed by atoms with Crippen LogP contribution in [0.15, 0.2) is 53.7 Å². The van der Waals surface area contributed by atoms with Gasteiger partial charge in [0.25, 0.3) is 0 Å². The first kappa shape index (κ1) is 25.4. The van der Waals surface area contributed by atoms with Crippen LogP contribution in [0.5, 0.6) is 0 Å². The van der Waals surface area contributed by atoms with E-state index >= 15 is 0 Å². The Bertz CT molecular complexity index is 822. The first-order valence-electron chi connectivity index (χ1n) is 10.7. The molecule has 7 nitrogen and oxygen atoms in total. The molecule has 3 rings (SSSR count). The van der Waals surface area contributed by atoms with E-state index in [0.29, 0.717) is 19.0 Å². The number of rotatable bonds is 7. The highest BCUT2D eigenvalue weighted by Crippen LogP contribution is 2.19. The molecule has 1 aromatic heterocycles. The van der Waals surface area contributed by atoms with Crippen LogP contribution in [0.3, 0.4) is 0 Å². The summed E-state index contributed by atoms with van der Waals surface area (Å²) in [7, 11) is 2.15. The number of aliphatic hydroxyl groups is 1. The maximum atomic E-state index is 10.8. The van der Waals surface area contributed by atoms with Crippen molar-refractivity contribution in [3.8, 4) is 0 Å². The Balaban J connectivity index is 0.00000341. The van der Waals surface area contributed by atoms with Crippen LogP contribution >= 0.6 is 24.0 Å². The van der Waals surface area contributed by atoms with Gasteiger partial charge in [-0.2, -0.15) is 0 Å². The molecule has 1 atom stereocenters. The molecular weight excluding hydrogens is 503 g/mol. The molecule has 2 aromatic rings. The zero-order valence-corrected chi connectivity index (χ0v) is 21.0. The van der Waals surface area contributed by atoms with Gasteiger partial charge in [-0.25, -0.2) is 9.98 Å². The van der Waals surface area contributed by atoms with Crippen LogP contribution in [0.25, 0.3) is 0 Å². The number of aliphatic imine (C=N–C) groups is 1. The normalized spacial score (nSPS) is 16.9. The van der Waals surface area contributed by atoms with Crippen LogP contribution in [-0.2, 0) is 12.1 Å². The summed E-state index contributed by atoms with van der Waals surface area (Å²) in [5.41, 5.74) is 1.01. The number of nitrogens with one attached hydrogen (secondary N) is 2. The number of likely N-dealkylation sites (N-methyl/N-ethyl adjacent to an activating group) is 1. The van der Waals surface area contributed by atoms with Gasteiger partial charge in [0.15, 0.2) is 5.96 Å². The van der Waals surface area contributed by atoms with Gasteiger partial charge in [-0.15, -0.1) is 24.0 Å². The molecule has 8 heteroatoms. The third-order valence-corrected chi connectivity index (χ3v) is 5.40. The Kier molecular flexibility index (Phi) is 9.98. The lowest BCUT2D eigenvalue weighted by molar-refractivity contribution is 0.0617. The van der Waals surface area contributed by atoms with Gasteiger partial charge in [-0.3, -0.25) is 0 Å². The Morgan fingerprint density at radius 2 is 1.84 bits per heavy atom. The highest BCUT2D eigenvalue weighted by atomic mass is 127. The second kappa shape index (κ2) is 12.2. The Morgan fingerprint density at radius 3 is 2.52 bits per heavy atom. The van der Waals surface area contributed by atoms with Crippen molar-refractivity contribution in [3.63, 3.8) is 0 Å². The summed E-state index contributed by atoms with van der Waals surface area (Å²) in [6, 6.07) is 13.8. The highest BCUT2D eigenvalue weighted by Gasteiger charge is 2.23. The summed E-state index contributed by atoms with van der Waals surface area (Å²) in [5.74, 6) is 1.70. The third-order valence-electron chi connectivity index (χ3n) is 5.40. The number of guanidine groups is 1. The lowest BCUT2D eigenvalue weighted by Gasteiger charge is -2.33. The monoisotopic (exact) mass is 538 g/mol. The number of hydrogen-bond acceptors (Lipinski definition) is 5. The predicted molar refractivity (Wildman–Crippen MR) is 138 cm³/mol. The van der Waals surface area contributed by atoms with E-state index < -0.39 is 5.60 Å². The van der Waals surface area contributed by atoms with E-state index in [-0.39, 0.29) is 24.0 Å². The maximum Gasteiger partial charge on any atom is 0.191 e. The third kappa shape index (κ3) is 7.62. The standard InChI is InChI=1S/C23H34N6O.HI/c1-4-24-22(27-18-23(2,30)20-8-6-5-7-9-20)26-17-19-10-11-25-21(16-19)29-14-12-28(3)13-15-29;/h5-11,16,30H,4,12-15,17-18H2,1-3H3,(H2,24,26,27);1H. The van der Waals surface area contributed by atoms with Crippen molar-refractivity contribution in [1.82, 2.24) is 20.5 Å². The molecule has 0 bridgehead atoms. The van der Waals surface area contributed by atoms with Crippen molar-refractivity contribution in [2.45, 2.75) is 26.0 Å². The molecule has 0 saturated carbocycles. The van der Waals surface area contributed by atoms with Crippen molar-refractivity contribution in [2.75, 3.05) is 51.2 Å². The molecule has 0 radical (unpaired) electrons. The van der Waals surface area contributed by atoms with E-state index in [1.165, 1.54) is 0 Å². The predicted octanol–water partition coefficient (Wildman–Crippen LogP) is 2.41. The molecule has 0 spiro atoms. The van der Waals surface area contributed by atoms with Gasteiger partial charge in [0, 0.05) is 38.9 Å². The van der Waals surface area contributed by atoms with Crippen molar-refractivity contribution in [3.05, 3.63) is 59.8 Å². The largest absolute Gasteiger partial charge is 0.384 e. The lowest BCUT2D eigenvalue weighted by Crippen LogP contribution is -2.44. The van der Waals surface area contributed by atoms with E-state index in [1.807, 2.05) is 56.4 Å². The van der Waals surface area contributed by atoms with Crippen molar-refractivity contribution < 1.29 is 5.11 Å². The van der Waals surface area contributed by atoms with E-state index in [2.05, 4.69) is 38.5 Å². The molecular formula is C23H35IN6O. The number of benzene rings is 1. The average molecular weight is 538 g/mol. The first-order valence-corrected chi connectivity index (χ1v) is 10.7. The topological polar surface area (TPSA) is 76.0 Å². The van der Waals surface area contributed by atoms with Crippen LogP contribution in [0.2, 0.25) is 0 Å². The molecule has 1 saturated heterocycles. The highest BCUT2D eigenvalue weighted by molar-refractivity contribution is 14.0. The zero-order chi connectivity index (χ0) is 21.4. The van der Waals surface area contributed by atoms with Gasteiger partial charge in [0.2, 0.25) is 0 Å². The molecule has 170 valence electrons. The second-order valence-electron chi connectivity index (χ2n) is 8.00. The maximum absolute atomic E-state index is 10.8. The van der Waals surface area contributed by atoms with E-state index in [4.69, 9.17) is 4.99 Å². The number of nitrogens with zero attached hydrogens (tertiary/aromatic N) is 4. The summed E-state index contributed by atoms with van der Waals surface area (Å²) in [6.07, 6.45) is 1.86. The number of anilines is 1. The SMILES string of the molecule is CCNC(=NCc1ccnc(N2CCN(C)CC2)c1)NCC(C)(O)c1ccccc1.I. The van der Waals surface area contributed by atoms with E-state index in [1.54, 1.807) is 0 Å². The fourth-order valence-corrected chi connectivity index (χ4v) is 3.43. The summed E-state index contributed by atoms with van der Waals surface area (Å²) in [5, 5.41) is 17.4. The van der Waals surface area contributed by atoms with E-state index in [9.17, 15) is 5.11 Å². The fraction of sp³-hybridized carbons (Fsp3) is 0.478. The fourth-order valence-electron chi connectivity index (χ4n) is 3.43. The van der Waals surface area contributed by atoms with Crippen LogP contribution < -0.4 is 15.5 Å². The molecule has 31 heavy (non-hydrogen) atoms. The van der Waals surface area contributed by atoms with Crippen LogP contribution in [-0.4, -0.2) is 67.3 Å².